The van der Waals surface area contributed by atoms with E-state index in [0.29, 0.717) is 53.9 Å². The molecular formula is C24H26F2N8O4S2. The number of alkyl halides is 2. The van der Waals surface area contributed by atoms with Crippen molar-refractivity contribution in [2.75, 3.05) is 18.0 Å². The quantitative estimate of drug-likeness (QED) is 0.399. The lowest BCUT2D eigenvalue weighted by atomic mass is 10.1. The fraction of sp³-hybridized carbons (Fsp3) is 0.542. The molecule has 40 heavy (non-hydrogen) atoms. The van der Waals surface area contributed by atoms with Gasteiger partial charge in [0.1, 0.15) is 11.8 Å². The van der Waals surface area contributed by atoms with Gasteiger partial charge in [-0.1, -0.05) is 11.3 Å². The molecule has 2 unspecified atom stereocenters. The summed E-state index contributed by atoms with van der Waals surface area (Å²) in [5, 5.41) is 21.9. The first-order valence-corrected chi connectivity index (χ1v) is 15.0. The third kappa shape index (κ3) is 4.41. The Hall–Kier alpha value is -3.26. The van der Waals surface area contributed by atoms with E-state index in [2.05, 4.69) is 24.9 Å². The molecule has 212 valence electrons. The molecule has 0 spiro atoms. The number of nitrogens with one attached hydrogen (secondary N) is 1. The van der Waals surface area contributed by atoms with Gasteiger partial charge in [0, 0.05) is 37.6 Å². The fourth-order valence-corrected chi connectivity index (χ4v) is 7.79. The van der Waals surface area contributed by atoms with Crippen LogP contribution in [0.3, 0.4) is 0 Å². The zero-order valence-corrected chi connectivity index (χ0v) is 23.2. The highest BCUT2D eigenvalue weighted by molar-refractivity contribution is 7.89. The highest BCUT2D eigenvalue weighted by Gasteiger charge is 2.54. The molecule has 2 aromatic heterocycles. The number of aliphatic hydroxyl groups excluding tert-OH is 1. The van der Waals surface area contributed by atoms with Gasteiger partial charge in [0.25, 0.3) is 18.0 Å². The minimum absolute atomic E-state index is 0.0902. The van der Waals surface area contributed by atoms with Crippen LogP contribution >= 0.6 is 11.3 Å². The second-order valence-electron chi connectivity index (χ2n) is 10.5. The van der Waals surface area contributed by atoms with Gasteiger partial charge in [-0.2, -0.15) is 5.10 Å². The molecule has 1 amide bonds. The van der Waals surface area contributed by atoms with Gasteiger partial charge in [-0.05, 0) is 31.9 Å². The van der Waals surface area contributed by atoms with Gasteiger partial charge in [-0.15, -0.1) is 14.9 Å². The SMILES string of the molecule is [C-]#[N+]C1(NS(=O)(=O)c2cc(N3CC4CCC(C3)N4C(=O)[C@H](C)O)c3c(c2)c(-c2nnc(C(F)F)s2)nn3C)CC1. The number of aromatic nitrogens is 4. The number of carbonyl (C=O) groups is 1. The summed E-state index contributed by atoms with van der Waals surface area (Å²) in [5.74, 6) is -0.333. The molecule has 2 saturated heterocycles. The summed E-state index contributed by atoms with van der Waals surface area (Å²) in [7, 11) is -2.47. The second-order valence-corrected chi connectivity index (χ2v) is 13.2. The van der Waals surface area contributed by atoms with Crippen molar-refractivity contribution in [2.45, 2.75) is 67.8 Å². The van der Waals surface area contributed by atoms with Crippen LogP contribution < -0.4 is 9.62 Å². The van der Waals surface area contributed by atoms with Crippen molar-refractivity contribution < 1.29 is 27.1 Å². The molecular weight excluding hydrogens is 566 g/mol. The number of hydrogen-bond donors (Lipinski definition) is 2. The number of carbonyl (C=O) groups excluding carboxylic acids is 1. The molecule has 6 rings (SSSR count). The van der Waals surface area contributed by atoms with Crippen LogP contribution in [0.2, 0.25) is 0 Å². The zero-order chi connectivity index (χ0) is 28.6. The van der Waals surface area contributed by atoms with Crippen molar-refractivity contribution in [3.05, 3.63) is 28.6 Å². The maximum atomic E-state index is 13.5. The van der Waals surface area contributed by atoms with Crippen LogP contribution in [0.25, 0.3) is 26.4 Å². The Morgan fingerprint density at radius 2 is 1.93 bits per heavy atom. The number of halogens is 2. The number of anilines is 1. The number of benzene rings is 1. The number of amides is 1. The molecule has 16 heteroatoms. The summed E-state index contributed by atoms with van der Waals surface area (Å²) in [5.41, 5.74) is 0.177. The van der Waals surface area contributed by atoms with Gasteiger partial charge < -0.3 is 14.9 Å². The molecule has 12 nitrogen and oxygen atoms in total. The topological polar surface area (TPSA) is 138 Å². The van der Waals surface area contributed by atoms with E-state index in [9.17, 15) is 27.1 Å². The fourth-order valence-electron chi connectivity index (χ4n) is 5.68. The van der Waals surface area contributed by atoms with Crippen LogP contribution in [0.15, 0.2) is 17.0 Å². The van der Waals surface area contributed by atoms with E-state index < -0.39 is 33.2 Å². The molecule has 4 heterocycles. The average Bonchev–Trinajstić information content (AvgIpc) is 3.22. The molecule has 1 saturated carbocycles. The van der Waals surface area contributed by atoms with E-state index in [4.69, 9.17) is 6.57 Å². The number of rotatable bonds is 7. The van der Waals surface area contributed by atoms with Crippen LogP contribution in [-0.4, -0.2) is 81.2 Å². The minimum Gasteiger partial charge on any atom is -0.384 e. The van der Waals surface area contributed by atoms with Gasteiger partial charge in [0.15, 0.2) is 10.0 Å². The van der Waals surface area contributed by atoms with Gasteiger partial charge in [0.2, 0.25) is 10.0 Å². The van der Waals surface area contributed by atoms with Crippen LogP contribution in [0.4, 0.5) is 14.5 Å². The highest BCUT2D eigenvalue weighted by Crippen LogP contribution is 2.42. The molecule has 3 aromatic rings. The van der Waals surface area contributed by atoms with Crippen molar-refractivity contribution in [3.63, 3.8) is 0 Å². The zero-order valence-electron chi connectivity index (χ0n) is 21.6. The monoisotopic (exact) mass is 592 g/mol. The van der Waals surface area contributed by atoms with Crippen molar-refractivity contribution in [1.82, 2.24) is 29.6 Å². The number of sulfonamides is 1. The van der Waals surface area contributed by atoms with Gasteiger partial charge >= 0.3 is 0 Å². The Morgan fingerprint density at radius 1 is 1.25 bits per heavy atom. The molecule has 3 atom stereocenters. The average molecular weight is 593 g/mol. The summed E-state index contributed by atoms with van der Waals surface area (Å²) >= 11 is 0.683. The Labute approximate surface area is 232 Å². The third-order valence-electron chi connectivity index (χ3n) is 7.73. The molecule has 3 fully saturated rings. The van der Waals surface area contributed by atoms with Gasteiger partial charge in [-0.25, -0.2) is 23.8 Å². The Kier molecular flexibility index (Phi) is 6.33. The first-order valence-electron chi connectivity index (χ1n) is 12.7. The van der Waals surface area contributed by atoms with Crippen LogP contribution in [0, 0.1) is 6.57 Å². The summed E-state index contributed by atoms with van der Waals surface area (Å²) in [6.45, 7) is 9.67. The first-order chi connectivity index (χ1) is 18.9. The van der Waals surface area contributed by atoms with Crippen LogP contribution in [0.5, 0.6) is 0 Å². The Bertz CT molecular complexity index is 1650. The van der Waals surface area contributed by atoms with Crippen LogP contribution in [0.1, 0.15) is 44.0 Å². The maximum Gasteiger partial charge on any atom is 0.299 e. The number of hydrogen-bond acceptors (Lipinski definition) is 9. The van der Waals surface area contributed by atoms with Crippen LogP contribution in [-0.2, 0) is 21.9 Å². The van der Waals surface area contributed by atoms with E-state index >= 15 is 0 Å². The summed E-state index contributed by atoms with van der Waals surface area (Å²) in [4.78, 5) is 19.8. The predicted octanol–water partition coefficient (Wildman–Crippen LogP) is 2.28. The lowest BCUT2D eigenvalue weighted by Crippen LogP contribution is -2.57. The van der Waals surface area contributed by atoms with Crippen molar-refractivity contribution >= 4 is 43.9 Å². The number of aryl methyl sites for hydroxylation is 1. The molecule has 2 bridgehead atoms. The van der Waals surface area contributed by atoms with Crippen molar-refractivity contribution in [3.8, 4) is 10.7 Å². The summed E-state index contributed by atoms with van der Waals surface area (Å²) in [6, 6.07) is 2.62. The Balaban J connectivity index is 1.48. The van der Waals surface area contributed by atoms with Crippen molar-refractivity contribution in [2.24, 2.45) is 7.05 Å². The predicted molar refractivity (Wildman–Crippen MR) is 141 cm³/mol. The van der Waals surface area contributed by atoms with Crippen molar-refractivity contribution in [1.29, 1.82) is 0 Å². The second kappa shape index (κ2) is 9.40. The summed E-state index contributed by atoms with van der Waals surface area (Å²) in [6.07, 6.45) is -1.62. The summed E-state index contributed by atoms with van der Waals surface area (Å²) < 4.78 is 57.7. The van der Waals surface area contributed by atoms with E-state index in [1.165, 1.54) is 19.1 Å². The Morgan fingerprint density at radius 3 is 2.48 bits per heavy atom. The van der Waals surface area contributed by atoms with Gasteiger partial charge in [0.05, 0.1) is 28.9 Å². The van der Waals surface area contributed by atoms with Gasteiger partial charge in [-0.3, -0.25) is 14.3 Å². The molecule has 2 aliphatic heterocycles. The molecule has 1 aromatic carbocycles. The molecule has 0 radical (unpaired) electrons. The third-order valence-corrected chi connectivity index (χ3v) is 10.2. The largest absolute Gasteiger partial charge is 0.384 e. The molecule has 1 aliphatic carbocycles. The molecule has 2 N–H and O–H groups in total. The van der Waals surface area contributed by atoms with E-state index in [-0.39, 0.29) is 33.6 Å². The maximum absolute atomic E-state index is 13.5. The minimum atomic E-state index is -4.14. The lowest BCUT2D eigenvalue weighted by molar-refractivity contribution is -0.142. The van der Waals surface area contributed by atoms with E-state index in [0.717, 1.165) is 12.8 Å². The number of piperazine rings is 1. The smallest absolute Gasteiger partial charge is 0.299 e. The molecule has 3 aliphatic rings. The normalized spacial score (nSPS) is 22.6. The lowest BCUT2D eigenvalue weighted by Gasteiger charge is -2.42. The number of nitrogens with zero attached hydrogens (tertiary/aromatic N) is 7. The number of fused-ring (bicyclic) bond motifs is 3. The number of aliphatic hydroxyl groups is 1. The standard InChI is InChI=1S/C24H26F2N8O4S2/c1-12(35)23(36)34-13-4-5-14(34)11-33(10-13)17-9-15(40(37,38)31-24(27-2)6-7-24)8-16-18(30-32(3)19(16)17)21-28-29-22(39-21)20(25)26/h8-9,12-14,20,31,35H,4-7,10-11H2,1,3H3/t12-,13?,14?/m0/s1. The van der Waals surface area contributed by atoms with E-state index in [1.54, 1.807) is 16.6 Å². The van der Waals surface area contributed by atoms with E-state index in [1.807, 2.05) is 4.90 Å². The highest BCUT2D eigenvalue weighted by atomic mass is 32.2. The first kappa shape index (κ1) is 26.9.